The van der Waals surface area contributed by atoms with Crippen molar-refractivity contribution in [1.82, 2.24) is 0 Å². The number of ether oxygens (including phenoxy) is 2. The first kappa shape index (κ1) is 21.4. The van der Waals surface area contributed by atoms with Gasteiger partial charge in [-0.25, -0.2) is 0 Å². The van der Waals surface area contributed by atoms with Gasteiger partial charge in [0.15, 0.2) is 5.79 Å². The third kappa shape index (κ3) is 3.39. The predicted octanol–water partition coefficient (Wildman–Crippen LogP) is 6.81. The van der Waals surface area contributed by atoms with Crippen molar-refractivity contribution in [2.75, 3.05) is 13.2 Å². The fraction of sp³-hybridized carbons (Fsp3) is 0.778. The first-order chi connectivity index (χ1) is 13.7. The zero-order chi connectivity index (χ0) is 21.0. The van der Waals surface area contributed by atoms with Gasteiger partial charge in [-0.1, -0.05) is 46.8 Å². The monoisotopic (exact) mass is 398 g/mol. The average molecular weight is 399 g/mol. The Morgan fingerprint density at radius 3 is 2.28 bits per heavy atom. The smallest absolute Gasteiger partial charge is 0.174 e. The third-order valence-corrected chi connectivity index (χ3v) is 8.42. The van der Waals surface area contributed by atoms with Crippen molar-refractivity contribution >= 4 is 0 Å². The van der Waals surface area contributed by atoms with Crippen LogP contribution in [0.4, 0.5) is 0 Å². The van der Waals surface area contributed by atoms with Gasteiger partial charge >= 0.3 is 0 Å². The van der Waals surface area contributed by atoms with Gasteiger partial charge in [0.25, 0.3) is 0 Å². The minimum atomic E-state index is -0.286. The molecule has 1 spiro atoms. The minimum Gasteiger partial charge on any atom is -0.347 e. The van der Waals surface area contributed by atoms with Crippen molar-refractivity contribution in [3.05, 3.63) is 34.4 Å². The summed E-state index contributed by atoms with van der Waals surface area (Å²) >= 11 is 0. The number of benzene rings is 1. The predicted molar refractivity (Wildman–Crippen MR) is 120 cm³/mol. The maximum absolute atomic E-state index is 6.31. The second kappa shape index (κ2) is 7.68. The molecule has 0 aromatic heterocycles. The second-order valence-electron chi connectivity index (χ2n) is 11.3. The Hall–Kier alpha value is -0.860. The van der Waals surface area contributed by atoms with E-state index in [1.807, 2.05) is 0 Å². The Bertz CT molecular complexity index is 742. The van der Waals surface area contributed by atoms with Gasteiger partial charge in [0, 0.05) is 11.8 Å². The van der Waals surface area contributed by atoms with Gasteiger partial charge in [-0.15, -0.1) is 0 Å². The Labute approximate surface area is 178 Å². The van der Waals surface area contributed by atoms with Crippen LogP contribution in [0.3, 0.4) is 0 Å². The number of rotatable bonds is 0. The molecule has 3 unspecified atom stereocenters. The van der Waals surface area contributed by atoms with E-state index in [0.29, 0.717) is 5.92 Å². The molecule has 5 atom stereocenters. The summed E-state index contributed by atoms with van der Waals surface area (Å²) in [5.41, 5.74) is 6.41. The highest BCUT2D eigenvalue weighted by molar-refractivity contribution is 5.42. The topological polar surface area (TPSA) is 18.5 Å². The molecule has 3 aliphatic carbocycles. The van der Waals surface area contributed by atoms with Gasteiger partial charge < -0.3 is 9.47 Å². The van der Waals surface area contributed by atoms with Crippen LogP contribution < -0.4 is 0 Å². The van der Waals surface area contributed by atoms with Gasteiger partial charge in [0.2, 0.25) is 0 Å². The lowest BCUT2D eigenvalue weighted by Gasteiger charge is -2.53. The van der Waals surface area contributed by atoms with E-state index in [9.17, 15) is 0 Å². The fourth-order valence-electron chi connectivity index (χ4n) is 7.29. The molecule has 2 nitrogen and oxygen atoms in total. The summed E-state index contributed by atoms with van der Waals surface area (Å²) in [5, 5.41) is 0. The summed E-state index contributed by atoms with van der Waals surface area (Å²) in [6.45, 7) is 17.5. The van der Waals surface area contributed by atoms with Crippen LogP contribution in [-0.4, -0.2) is 19.0 Å². The molecule has 1 saturated heterocycles. The molecule has 0 amide bonds. The fourth-order valence-corrected chi connectivity index (χ4v) is 7.29. The highest BCUT2D eigenvalue weighted by Gasteiger charge is 2.67. The summed E-state index contributed by atoms with van der Waals surface area (Å²) in [5.74, 6) is 3.53. The van der Waals surface area contributed by atoms with Crippen molar-refractivity contribution in [1.29, 1.82) is 0 Å². The lowest BCUT2D eigenvalue weighted by molar-refractivity contribution is -0.237. The van der Waals surface area contributed by atoms with Crippen molar-refractivity contribution in [3.8, 4) is 0 Å². The molecular weight excluding hydrogens is 356 g/mol. The summed E-state index contributed by atoms with van der Waals surface area (Å²) < 4.78 is 12.6. The highest BCUT2D eigenvalue weighted by atomic mass is 16.7. The molecule has 0 bridgehead atoms. The van der Waals surface area contributed by atoms with Crippen LogP contribution in [0.5, 0.6) is 0 Å². The Morgan fingerprint density at radius 1 is 1.00 bits per heavy atom. The number of fused-ring (bicyclic) bond motifs is 6. The van der Waals surface area contributed by atoms with Crippen LogP contribution in [0.25, 0.3) is 0 Å². The quantitative estimate of drug-likeness (QED) is 0.478. The summed E-state index contributed by atoms with van der Waals surface area (Å²) in [6.07, 6.45) is 6.24. The molecule has 29 heavy (non-hydrogen) atoms. The number of aryl methyl sites for hydroxylation is 3. The zero-order valence-electron chi connectivity index (χ0n) is 19.8. The van der Waals surface area contributed by atoms with Crippen molar-refractivity contribution < 1.29 is 9.47 Å². The van der Waals surface area contributed by atoms with Gasteiger partial charge in [-0.2, -0.15) is 0 Å². The molecule has 1 heterocycles. The molecule has 5 rings (SSSR count). The van der Waals surface area contributed by atoms with Crippen LogP contribution in [0, 0.1) is 42.9 Å². The summed E-state index contributed by atoms with van der Waals surface area (Å²) in [7, 11) is 0. The zero-order valence-corrected chi connectivity index (χ0v) is 19.8. The van der Waals surface area contributed by atoms with Crippen LogP contribution in [0.1, 0.15) is 88.5 Å². The SMILES string of the molecule is CC(C)C.Cc1cc2c(cc1C)C1CC[C@@]3(C)C(C(C)CC34OCCO4)[C@@H]1CC2. The largest absolute Gasteiger partial charge is 0.347 e. The first-order valence-electron chi connectivity index (χ1n) is 12.1. The minimum absolute atomic E-state index is 0.196. The Kier molecular flexibility index (Phi) is 5.66. The Morgan fingerprint density at radius 2 is 1.62 bits per heavy atom. The van der Waals surface area contributed by atoms with Crippen LogP contribution in [-0.2, 0) is 15.9 Å². The molecule has 162 valence electrons. The van der Waals surface area contributed by atoms with Gasteiger partial charge in [0.05, 0.1) is 13.2 Å². The van der Waals surface area contributed by atoms with Crippen molar-refractivity contribution in [2.45, 2.75) is 92.3 Å². The maximum atomic E-state index is 6.31. The number of hydrogen-bond donors (Lipinski definition) is 0. The van der Waals surface area contributed by atoms with E-state index in [4.69, 9.17) is 9.47 Å². The van der Waals surface area contributed by atoms with E-state index in [0.717, 1.165) is 43.3 Å². The van der Waals surface area contributed by atoms with E-state index < -0.39 is 0 Å². The molecule has 4 aliphatic rings. The molecule has 0 N–H and O–H groups in total. The normalized spacial score (nSPS) is 37.0. The highest BCUT2D eigenvalue weighted by Crippen LogP contribution is 2.67. The van der Waals surface area contributed by atoms with E-state index in [1.165, 1.54) is 36.8 Å². The van der Waals surface area contributed by atoms with Crippen LogP contribution >= 0.6 is 0 Å². The van der Waals surface area contributed by atoms with E-state index in [1.54, 1.807) is 11.1 Å². The molecule has 0 radical (unpaired) electrons. The van der Waals surface area contributed by atoms with Gasteiger partial charge in [-0.3, -0.25) is 0 Å². The first-order valence-corrected chi connectivity index (χ1v) is 12.1. The maximum Gasteiger partial charge on any atom is 0.174 e. The lowest BCUT2D eigenvalue weighted by Crippen LogP contribution is -2.51. The molecule has 1 aromatic carbocycles. The molecule has 3 fully saturated rings. The standard InChI is InChI=1S/C23H32O2.C4H10/c1-14-11-17-5-6-19-18(20(17)12-15(14)2)7-8-22(4)21(19)16(3)13-23(22)24-9-10-25-23;1-4(2)3/h11-12,16,18-19,21H,5-10,13H2,1-4H3;4H,1-3H3/t16?,18?,19-,21?,22+;/m1./s1. The molecule has 2 saturated carbocycles. The third-order valence-electron chi connectivity index (χ3n) is 8.42. The van der Waals surface area contributed by atoms with E-state index in [2.05, 4.69) is 60.6 Å². The van der Waals surface area contributed by atoms with Gasteiger partial charge in [-0.05, 0) is 91.4 Å². The van der Waals surface area contributed by atoms with Crippen LogP contribution in [0.2, 0.25) is 0 Å². The molecule has 1 aromatic rings. The van der Waals surface area contributed by atoms with E-state index in [-0.39, 0.29) is 11.2 Å². The van der Waals surface area contributed by atoms with Crippen molar-refractivity contribution in [2.24, 2.45) is 29.1 Å². The summed E-state index contributed by atoms with van der Waals surface area (Å²) in [6, 6.07) is 4.99. The van der Waals surface area contributed by atoms with Crippen molar-refractivity contribution in [3.63, 3.8) is 0 Å². The second-order valence-corrected chi connectivity index (χ2v) is 11.3. The lowest BCUT2D eigenvalue weighted by atomic mass is 9.53. The summed E-state index contributed by atoms with van der Waals surface area (Å²) in [4.78, 5) is 0. The van der Waals surface area contributed by atoms with E-state index >= 15 is 0 Å². The van der Waals surface area contributed by atoms with Crippen LogP contribution in [0.15, 0.2) is 12.1 Å². The van der Waals surface area contributed by atoms with Gasteiger partial charge in [0.1, 0.15) is 0 Å². The molecular formula is C27H42O2. The molecule has 2 heteroatoms. The molecule has 1 aliphatic heterocycles. The Balaban J connectivity index is 0.000000472. The average Bonchev–Trinajstić information content (AvgIpc) is 3.19. The number of hydrogen-bond acceptors (Lipinski definition) is 2.